The minimum absolute atomic E-state index is 0.140. The second kappa shape index (κ2) is 4.30. The number of rotatable bonds is 2. The molecule has 1 aromatic carbocycles. The molecule has 1 rings (SSSR count). The van der Waals surface area contributed by atoms with E-state index in [1.54, 1.807) is 19.1 Å². The van der Waals surface area contributed by atoms with Crippen LogP contribution < -0.4 is 5.73 Å². The third-order valence-corrected chi connectivity index (χ3v) is 2.18. The molecule has 0 saturated heterocycles. The zero-order valence-corrected chi connectivity index (χ0v) is 8.17. The van der Waals surface area contributed by atoms with Gasteiger partial charge in [-0.25, -0.2) is 0 Å². The Bertz CT molecular complexity index is 334. The van der Waals surface area contributed by atoms with Crippen molar-refractivity contribution < 1.29 is 5.11 Å². The molecule has 0 spiro atoms. The van der Waals surface area contributed by atoms with Gasteiger partial charge in [0.15, 0.2) is 0 Å². The Morgan fingerprint density at radius 3 is 2.85 bits per heavy atom. The topological polar surface area (TPSA) is 46.2 Å². The Morgan fingerprint density at radius 2 is 2.23 bits per heavy atom. The molecule has 0 aromatic heterocycles. The van der Waals surface area contributed by atoms with E-state index in [1.165, 1.54) is 0 Å². The Labute approximate surface area is 82.6 Å². The Morgan fingerprint density at radius 1 is 1.54 bits per heavy atom. The number of phenols is 1. The molecule has 0 bridgehead atoms. The van der Waals surface area contributed by atoms with Gasteiger partial charge in [-0.2, -0.15) is 0 Å². The molecule has 0 radical (unpaired) electrons. The SMILES string of the molecule is Cc1ccc(/C=C/CN)c(Cl)c1O. The minimum Gasteiger partial charge on any atom is -0.506 e. The Hall–Kier alpha value is -0.990. The first-order chi connectivity index (χ1) is 6.16. The van der Waals surface area contributed by atoms with Crippen molar-refractivity contribution in [3.63, 3.8) is 0 Å². The predicted molar refractivity (Wildman–Crippen MR) is 55.9 cm³/mol. The van der Waals surface area contributed by atoms with Crippen LogP contribution in [0.25, 0.3) is 6.08 Å². The molecule has 0 fully saturated rings. The standard InChI is InChI=1S/C10H12ClNO/c1-7-4-5-8(3-2-6-12)9(11)10(7)13/h2-5,13H,6,12H2,1H3/b3-2+. The molecule has 0 unspecified atom stereocenters. The van der Waals surface area contributed by atoms with Crippen LogP contribution in [0.1, 0.15) is 11.1 Å². The molecule has 2 nitrogen and oxygen atoms in total. The van der Waals surface area contributed by atoms with Crippen LogP contribution in [-0.4, -0.2) is 11.7 Å². The first kappa shape index (κ1) is 10.1. The molecular weight excluding hydrogens is 186 g/mol. The van der Waals surface area contributed by atoms with Gasteiger partial charge in [-0.05, 0) is 18.1 Å². The predicted octanol–water partition coefficient (Wildman–Crippen LogP) is 2.33. The van der Waals surface area contributed by atoms with E-state index in [0.717, 1.165) is 11.1 Å². The van der Waals surface area contributed by atoms with Gasteiger partial charge in [-0.3, -0.25) is 0 Å². The lowest BCUT2D eigenvalue weighted by Crippen LogP contribution is -1.92. The molecule has 0 aliphatic heterocycles. The zero-order valence-electron chi connectivity index (χ0n) is 7.42. The fraction of sp³-hybridized carbons (Fsp3) is 0.200. The van der Waals surface area contributed by atoms with Crippen molar-refractivity contribution in [2.24, 2.45) is 5.73 Å². The van der Waals surface area contributed by atoms with Crippen molar-refractivity contribution in [1.29, 1.82) is 0 Å². The van der Waals surface area contributed by atoms with Crippen LogP contribution in [-0.2, 0) is 0 Å². The molecule has 0 heterocycles. The lowest BCUT2D eigenvalue weighted by atomic mass is 10.1. The van der Waals surface area contributed by atoms with Crippen molar-refractivity contribution in [3.8, 4) is 5.75 Å². The Balaban J connectivity index is 3.11. The summed E-state index contributed by atoms with van der Waals surface area (Å²) in [6.07, 6.45) is 3.58. The lowest BCUT2D eigenvalue weighted by molar-refractivity contribution is 0.471. The van der Waals surface area contributed by atoms with E-state index in [4.69, 9.17) is 17.3 Å². The summed E-state index contributed by atoms with van der Waals surface area (Å²) in [5.41, 5.74) is 6.86. The fourth-order valence-electron chi connectivity index (χ4n) is 1.00. The van der Waals surface area contributed by atoms with Crippen LogP contribution in [0.5, 0.6) is 5.75 Å². The average molecular weight is 198 g/mol. The van der Waals surface area contributed by atoms with Gasteiger partial charge >= 0.3 is 0 Å². The minimum atomic E-state index is 0.140. The molecule has 0 atom stereocenters. The molecule has 0 saturated carbocycles. The molecule has 70 valence electrons. The quantitative estimate of drug-likeness (QED) is 0.765. The monoisotopic (exact) mass is 197 g/mol. The molecule has 1 aromatic rings. The lowest BCUT2D eigenvalue weighted by Gasteiger charge is -2.03. The van der Waals surface area contributed by atoms with E-state index in [9.17, 15) is 5.11 Å². The van der Waals surface area contributed by atoms with E-state index >= 15 is 0 Å². The van der Waals surface area contributed by atoms with Crippen LogP contribution >= 0.6 is 11.6 Å². The van der Waals surface area contributed by atoms with E-state index in [0.29, 0.717) is 11.6 Å². The number of hydrogen-bond donors (Lipinski definition) is 2. The van der Waals surface area contributed by atoms with Crippen LogP contribution in [0.2, 0.25) is 5.02 Å². The number of aryl methyl sites for hydroxylation is 1. The molecule has 3 N–H and O–H groups in total. The van der Waals surface area contributed by atoms with E-state index in [2.05, 4.69) is 0 Å². The normalized spacial score (nSPS) is 11.0. The van der Waals surface area contributed by atoms with Crippen molar-refractivity contribution in [3.05, 3.63) is 34.4 Å². The summed E-state index contributed by atoms with van der Waals surface area (Å²) in [5.74, 6) is 0.140. The number of phenolic OH excluding ortho intramolecular Hbond substituents is 1. The second-order valence-electron chi connectivity index (χ2n) is 2.77. The van der Waals surface area contributed by atoms with Gasteiger partial charge < -0.3 is 10.8 Å². The van der Waals surface area contributed by atoms with Crippen LogP contribution in [0.4, 0.5) is 0 Å². The van der Waals surface area contributed by atoms with E-state index in [1.807, 2.05) is 12.1 Å². The van der Waals surface area contributed by atoms with Crippen LogP contribution in [0.15, 0.2) is 18.2 Å². The van der Waals surface area contributed by atoms with Crippen LogP contribution in [0.3, 0.4) is 0 Å². The maximum absolute atomic E-state index is 9.49. The summed E-state index contributed by atoms with van der Waals surface area (Å²) in [7, 11) is 0. The maximum Gasteiger partial charge on any atom is 0.137 e. The largest absolute Gasteiger partial charge is 0.506 e. The highest BCUT2D eigenvalue weighted by Gasteiger charge is 2.04. The third-order valence-electron chi connectivity index (χ3n) is 1.78. The summed E-state index contributed by atoms with van der Waals surface area (Å²) < 4.78 is 0. The maximum atomic E-state index is 9.49. The van der Waals surface area contributed by atoms with Gasteiger partial charge in [0.2, 0.25) is 0 Å². The van der Waals surface area contributed by atoms with Gasteiger partial charge in [0.05, 0.1) is 5.02 Å². The number of hydrogen-bond acceptors (Lipinski definition) is 2. The highest BCUT2D eigenvalue weighted by atomic mass is 35.5. The van der Waals surface area contributed by atoms with Crippen molar-refractivity contribution >= 4 is 17.7 Å². The molecule has 0 aliphatic carbocycles. The molecule has 3 heteroatoms. The van der Waals surface area contributed by atoms with Gasteiger partial charge in [0.25, 0.3) is 0 Å². The van der Waals surface area contributed by atoms with Crippen molar-refractivity contribution in [2.45, 2.75) is 6.92 Å². The highest BCUT2D eigenvalue weighted by molar-refractivity contribution is 6.33. The summed E-state index contributed by atoms with van der Waals surface area (Å²) in [6, 6.07) is 3.67. The molecule has 0 amide bonds. The van der Waals surface area contributed by atoms with Gasteiger partial charge in [-0.1, -0.05) is 35.9 Å². The third kappa shape index (κ3) is 2.23. The highest BCUT2D eigenvalue weighted by Crippen LogP contribution is 2.30. The van der Waals surface area contributed by atoms with Crippen LogP contribution in [0, 0.1) is 6.92 Å². The summed E-state index contributed by atoms with van der Waals surface area (Å²) >= 11 is 5.89. The molecule has 13 heavy (non-hydrogen) atoms. The fourth-order valence-corrected chi connectivity index (χ4v) is 1.28. The first-order valence-electron chi connectivity index (χ1n) is 4.01. The summed E-state index contributed by atoms with van der Waals surface area (Å²) in [5, 5.41) is 9.87. The first-order valence-corrected chi connectivity index (χ1v) is 4.39. The zero-order chi connectivity index (χ0) is 9.84. The summed E-state index contributed by atoms with van der Waals surface area (Å²) in [4.78, 5) is 0. The average Bonchev–Trinajstić information content (AvgIpc) is 2.13. The van der Waals surface area contributed by atoms with Gasteiger partial charge in [-0.15, -0.1) is 0 Å². The summed E-state index contributed by atoms with van der Waals surface area (Å²) in [6.45, 7) is 2.27. The van der Waals surface area contributed by atoms with Gasteiger partial charge in [0, 0.05) is 6.54 Å². The van der Waals surface area contributed by atoms with E-state index < -0.39 is 0 Å². The number of aromatic hydroxyl groups is 1. The number of benzene rings is 1. The number of nitrogens with two attached hydrogens (primary N) is 1. The van der Waals surface area contributed by atoms with Gasteiger partial charge in [0.1, 0.15) is 5.75 Å². The Kier molecular flexibility index (Phi) is 3.34. The van der Waals surface area contributed by atoms with E-state index in [-0.39, 0.29) is 5.75 Å². The van der Waals surface area contributed by atoms with Crippen molar-refractivity contribution in [1.82, 2.24) is 0 Å². The number of halogens is 1. The smallest absolute Gasteiger partial charge is 0.137 e. The van der Waals surface area contributed by atoms with Crippen molar-refractivity contribution in [2.75, 3.05) is 6.54 Å². The second-order valence-corrected chi connectivity index (χ2v) is 3.15. The molecule has 0 aliphatic rings. The molecular formula is C10H12ClNO.